The largest absolute Gasteiger partial charge is 0.382 e. The van der Waals surface area contributed by atoms with Crippen molar-refractivity contribution in [3.8, 4) is 0 Å². The second-order valence-corrected chi connectivity index (χ2v) is 1.40. The zero-order chi connectivity index (χ0) is 5.86. The molecule has 3 nitrogen and oxygen atoms in total. The summed E-state index contributed by atoms with van der Waals surface area (Å²) >= 11 is 2.41. The quantitative estimate of drug-likeness (QED) is 0.610. The van der Waals surface area contributed by atoms with Crippen molar-refractivity contribution in [1.82, 2.24) is 0 Å². The summed E-state index contributed by atoms with van der Waals surface area (Å²) in [5.41, 5.74) is 0. The maximum Gasteiger partial charge on any atom is 0.346 e. The van der Waals surface area contributed by atoms with Gasteiger partial charge in [0.15, 0.2) is 16.3 Å². The lowest BCUT2D eigenvalue weighted by Gasteiger charge is -1.94. The van der Waals surface area contributed by atoms with Crippen LogP contribution in [0.15, 0.2) is 0 Å². The molecule has 1 atom stereocenters. The van der Waals surface area contributed by atoms with Crippen LogP contribution < -0.4 is 0 Å². The molecule has 0 aliphatic heterocycles. The van der Waals surface area contributed by atoms with Crippen molar-refractivity contribution in [2.45, 2.75) is 13.0 Å². The summed E-state index contributed by atoms with van der Waals surface area (Å²) < 4.78 is 3.94. The Kier molecular flexibility index (Phi) is 2.95. The lowest BCUT2D eigenvalue weighted by atomic mass is 10.4. The molecular weight excluding hydrogens is 164 g/mol. The van der Waals surface area contributed by atoms with Gasteiger partial charge in [0.2, 0.25) is 0 Å². The highest BCUT2D eigenvalue weighted by atomic mass is 79.9. The third-order valence-electron chi connectivity index (χ3n) is 0.417. The number of hydrogen-bond acceptors (Lipinski definition) is 3. The van der Waals surface area contributed by atoms with E-state index in [2.05, 4.69) is 20.1 Å². The van der Waals surface area contributed by atoms with Crippen molar-refractivity contribution in [2.75, 3.05) is 0 Å². The summed E-state index contributed by atoms with van der Waals surface area (Å²) in [5.74, 6) is -0.681. The maximum atomic E-state index is 9.99. The standard InChI is InChI=1S/C3H5BrO3/c1-2(5)3(6)7-4/h2,5H,1H3/t2-/m0/s1. The molecule has 0 spiro atoms. The fraction of sp³-hybridized carbons (Fsp3) is 0.667. The Bertz CT molecular complexity index is 70.6. The molecule has 7 heavy (non-hydrogen) atoms. The van der Waals surface area contributed by atoms with Gasteiger partial charge in [0.25, 0.3) is 0 Å². The average Bonchev–Trinajstić information content (AvgIpc) is 1.65. The molecule has 0 aliphatic rings. The molecule has 0 bridgehead atoms. The molecule has 1 N–H and O–H groups in total. The zero-order valence-electron chi connectivity index (χ0n) is 3.72. The van der Waals surface area contributed by atoms with Crippen molar-refractivity contribution in [3.63, 3.8) is 0 Å². The Balaban J connectivity index is 3.35. The van der Waals surface area contributed by atoms with Crippen LogP contribution >= 0.6 is 16.3 Å². The molecule has 42 valence electrons. The molecule has 0 aromatic rings. The summed E-state index contributed by atoms with van der Waals surface area (Å²) in [6.45, 7) is 1.32. The first-order valence-electron chi connectivity index (χ1n) is 1.69. The van der Waals surface area contributed by atoms with Crippen LogP contribution in [0.1, 0.15) is 6.92 Å². The highest BCUT2D eigenvalue weighted by molar-refractivity contribution is 9.06. The molecule has 0 aliphatic carbocycles. The number of halogens is 1. The number of carbonyl (C=O) groups is 1. The van der Waals surface area contributed by atoms with Gasteiger partial charge in [-0.2, -0.15) is 0 Å². The summed E-state index contributed by atoms with van der Waals surface area (Å²) in [4.78, 5) is 9.99. The predicted octanol–water partition coefficient (Wildman–Crippen LogP) is 0.220. The molecule has 0 saturated carbocycles. The SMILES string of the molecule is C[C@H](O)C(=O)OBr. The van der Waals surface area contributed by atoms with Crippen LogP contribution in [0.25, 0.3) is 0 Å². The number of carbonyl (C=O) groups excluding carboxylic acids is 1. The predicted molar refractivity (Wildman–Crippen MR) is 26.7 cm³/mol. The lowest BCUT2D eigenvalue weighted by Crippen LogP contribution is -2.14. The van der Waals surface area contributed by atoms with E-state index in [1.807, 2.05) is 0 Å². The van der Waals surface area contributed by atoms with E-state index in [-0.39, 0.29) is 0 Å². The Morgan fingerprint density at radius 2 is 2.43 bits per heavy atom. The van der Waals surface area contributed by atoms with Gasteiger partial charge in [-0.05, 0) is 6.92 Å². The molecule has 0 fully saturated rings. The van der Waals surface area contributed by atoms with Gasteiger partial charge in [0.1, 0.15) is 6.10 Å². The van der Waals surface area contributed by atoms with Crippen LogP contribution in [0.3, 0.4) is 0 Å². The first-order valence-corrected chi connectivity index (χ1v) is 2.33. The van der Waals surface area contributed by atoms with Crippen LogP contribution in [0.5, 0.6) is 0 Å². The van der Waals surface area contributed by atoms with Crippen molar-refractivity contribution in [1.29, 1.82) is 0 Å². The van der Waals surface area contributed by atoms with E-state index < -0.39 is 12.1 Å². The number of hydrogen-bond donors (Lipinski definition) is 1. The van der Waals surface area contributed by atoms with Gasteiger partial charge in [0.05, 0.1) is 0 Å². The van der Waals surface area contributed by atoms with Crippen LogP contribution in [0, 0.1) is 0 Å². The van der Waals surface area contributed by atoms with E-state index in [9.17, 15) is 4.79 Å². The van der Waals surface area contributed by atoms with Crippen molar-refractivity contribution in [2.24, 2.45) is 0 Å². The van der Waals surface area contributed by atoms with E-state index >= 15 is 0 Å². The fourth-order valence-corrected chi connectivity index (χ4v) is 0.335. The average molecular weight is 169 g/mol. The molecule has 0 radical (unpaired) electrons. The molecule has 0 saturated heterocycles. The summed E-state index contributed by atoms with van der Waals surface area (Å²) in [6, 6.07) is 0. The minimum Gasteiger partial charge on any atom is -0.382 e. The Morgan fingerprint density at radius 3 is 2.43 bits per heavy atom. The second kappa shape index (κ2) is 2.98. The molecule has 0 aromatic carbocycles. The Morgan fingerprint density at radius 1 is 2.00 bits per heavy atom. The summed E-state index contributed by atoms with van der Waals surface area (Å²) in [5, 5.41) is 8.32. The van der Waals surface area contributed by atoms with E-state index in [4.69, 9.17) is 5.11 Å². The Labute approximate surface area is 49.7 Å². The smallest absolute Gasteiger partial charge is 0.346 e. The Hall–Kier alpha value is -0.0900. The van der Waals surface area contributed by atoms with Gasteiger partial charge >= 0.3 is 5.97 Å². The van der Waals surface area contributed by atoms with Crippen molar-refractivity contribution < 1.29 is 13.7 Å². The van der Waals surface area contributed by atoms with Crippen molar-refractivity contribution in [3.05, 3.63) is 0 Å². The van der Waals surface area contributed by atoms with Gasteiger partial charge in [0, 0.05) is 0 Å². The van der Waals surface area contributed by atoms with Crippen LogP contribution in [0.4, 0.5) is 0 Å². The van der Waals surface area contributed by atoms with E-state index in [1.54, 1.807) is 0 Å². The first-order chi connectivity index (χ1) is 3.18. The zero-order valence-corrected chi connectivity index (χ0v) is 5.31. The van der Waals surface area contributed by atoms with Gasteiger partial charge in [-0.1, -0.05) is 0 Å². The number of aliphatic hydroxyl groups is 1. The van der Waals surface area contributed by atoms with E-state index in [0.29, 0.717) is 0 Å². The first kappa shape index (κ1) is 6.91. The lowest BCUT2D eigenvalue weighted by molar-refractivity contribution is -0.140. The summed E-state index contributed by atoms with van der Waals surface area (Å²) in [6.07, 6.45) is -1.04. The molecule has 0 aromatic heterocycles. The normalized spacial score (nSPS) is 13.0. The third kappa shape index (κ3) is 2.59. The van der Waals surface area contributed by atoms with Gasteiger partial charge in [-0.3, -0.25) is 0 Å². The van der Waals surface area contributed by atoms with Gasteiger partial charge < -0.3 is 8.93 Å². The molecule has 0 rings (SSSR count). The molecule has 0 unspecified atom stereocenters. The van der Waals surface area contributed by atoms with Crippen LogP contribution in [-0.4, -0.2) is 17.2 Å². The van der Waals surface area contributed by atoms with Gasteiger partial charge in [-0.25, -0.2) is 4.79 Å². The van der Waals surface area contributed by atoms with Crippen LogP contribution in [-0.2, 0) is 8.62 Å². The van der Waals surface area contributed by atoms with Crippen LogP contribution in [0.2, 0.25) is 0 Å². The summed E-state index contributed by atoms with van der Waals surface area (Å²) in [7, 11) is 0. The minimum absolute atomic E-state index is 0.681. The van der Waals surface area contributed by atoms with E-state index in [1.165, 1.54) is 6.92 Å². The maximum absolute atomic E-state index is 9.99. The minimum atomic E-state index is -1.04. The monoisotopic (exact) mass is 168 g/mol. The fourth-order valence-electron chi connectivity index (χ4n) is 0.0645. The van der Waals surface area contributed by atoms with E-state index in [0.717, 1.165) is 0 Å². The second-order valence-electron chi connectivity index (χ2n) is 1.07. The molecule has 4 heteroatoms. The molecule has 0 heterocycles. The molecule has 0 amide bonds. The highest BCUT2D eigenvalue weighted by Gasteiger charge is 2.06. The highest BCUT2D eigenvalue weighted by Crippen LogP contribution is 1.90. The topological polar surface area (TPSA) is 46.5 Å². The van der Waals surface area contributed by atoms with Gasteiger partial charge in [-0.15, -0.1) is 0 Å². The molecular formula is C3H5BrO3. The number of rotatable bonds is 1. The van der Waals surface area contributed by atoms with Crippen molar-refractivity contribution >= 4 is 22.2 Å². The number of aliphatic hydroxyl groups excluding tert-OH is 1. The third-order valence-corrected chi connectivity index (χ3v) is 0.736.